The second-order valence-electron chi connectivity index (χ2n) is 6.68. The monoisotopic (exact) mass is 426 g/mol. The molecule has 1 aliphatic rings. The molecule has 1 aliphatic heterocycles. The lowest BCUT2D eigenvalue weighted by Gasteiger charge is -2.11. The van der Waals surface area contributed by atoms with Crippen molar-refractivity contribution in [3.05, 3.63) is 53.1 Å². The molecule has 9 heteroatoms. The Hall–Kier alpha value is -3.33. The van der Waals surface area contributed by atoms with Gasteiger partial charge in [-0.15, -0.1) is 5.10 Å². The van der Waals surface area contributed by atoms with Crippen molar-refractivity contribution in [1.29, 1.82) is 0 Å². The molecule has 30 heavy (non-hydrogen) atoms. The average molecular weight is 426 g/mol. The number of rotatable bonds is 6. The number of benzene rings is 2. The number of anilines is 1. The van der Waals surface area contributed by atoms with E-state index >= 15 is 0 Å². The van der Waals surface area contributed by atoms with E-state index in [1.54, 1.807) is 12.1 Å². The van der Waals surface area contributed by atoms with Crippen molar-refractivity contribution in [2.75, 3.05) is 12.4 Å². The van der Waals surface area contributed by atoms with Gasteiger partial charge in [-0.05, 0) is 54.8 Å². The first-order chi connectivity index (χ1) is 14.4. The standard InChI is InChI=1S/C21H22N4O4S/c1-12-5-4-6-15(13(12)2)23-19(27)10-18-20(28)24-21(30-18)25-22-11-14-7-8-16(26)17(9-14)29-3/h4-9,11,18,26H,10H2,1-3H3,(H,23,27)(H,24,25,28)/b22-11-/t18-/m0/s1. The van der Waals surface area contributed by atoms with Gasteiger partial charge in [0.1, 0.15) is 5.25 Å². The lowest BCUT2D eigenvalue weighted by molar-refractivity contribution is -0.122. The Labute approximate surface area is 178 Å². The average Bonchev–Trinajstić information content (AvgIpc) is 3.05. The molecule has 2 amide bonds. The van der Waals surface area contributed by atoms with Gasteiger partial charge in [0.15, 0.2) is 16.7 Å². The third kappa shape index (κ3) is 5.18. The highest BCUT2D eigenvalue weighted by atomic mass is 32.2. The third-order valence-electron chi connectivity index (χ3n) is 4.59. The number of ether oxygens (including phenoxy) is 1. The zero-order chi connectivity index (χ0) is 21.7. The number of phenolic OH excluding ortho intramolecular Hbond substituents is 1. The number of methoxy groups -OCH3 is 1. The number of amides is 2. The predicted octanol–water partition coefficient (Wildman–Crippen LogP) is 2.97. The third-order valence-corrected chi connectivity index (χ3v) is 5.66. The van der Waals surface area contributed by atoms with E-state index in [2.05, 4.69) is 20.8 Å². The number of thioether (sulfide) groups is 1. The Bertz CT molecular complexity index is 1040. The quantitative estimate of drug-likeness (QED) is 0.486. The van der Waals surface area contributed by atoms with E-state index in [-0.39, 0.29) is 24.0 Å². The lowest BCUT2D eigenvalue weighted by atomic mass is 10.1. The number of nitrogens with one attached hydrogen (secondary N) is 2. The van der Waals surface area contributed by atoms with Gasteiger partial charge < -0.3 is 20.5 Å². The topological polar surface area (TPSA) is 112 Å². The van der Waals surface area contributed by atoms with Crippen LogP contribution in [-0.4, -0.2) is 40.7 Å². The number of nitrogens with zero attached hydrogens (tertiary/aromatic N) is 2. The number of amidine groups is 1. The number of aromatic hydroxyl groups is 1. The summed E-state index contributed by atoms with van der Waals surface area (Å²) in [6.07, 6.45) is 1.50. The minimum atomic E-state index is -0.571. The second-order valence-corrected chi connectivity index (χ2v) is 7.87. The Morgan fingerprint density at radius 3 is 2.90 bits per heavy atom. The predicted molar refractivity (Wildman–Crippen MR) is 118 cm³/mol. The van der Waals surface area contributed by atoms with Crippen LogP contribution in [0.3, 0.4) is 0 Å². The minimum absolute atomic E-state index is 0.0292. The maximum Gasteiger partial charge on any atom is 0.240 e. The van der Waals surface area contributed by atoms with E-state index in [1.165, 1.54) is 19.4 Å². The molecule has 1 heterocycles. The first-order valence-corrected chi connectivity index (χ1v) is 10.1. The lowest BCUT2D eigenvalue weighted by Crippen LogP contribution is -2.28. The molecule has 8 nitrogen and oxygen atoms in total. The van der Waals surface area contributed by atoms with Gasteiger partial charge >= 0.3 is 0 Å². The second kappa shape index (κ2) is 9.45. The van der Waals surface area contributed by atoms with Crippen molar-refractivity contribution in [2.45, 2.75) is 25.5 Å². The molecule has 0 spiro atoms. The van der Waals surface area contributed by atoms with Crippen LogP contribution in [0, 0.1) is 13.8 Å². The Kier molecular flexibility index (Phi) is 6.73. The molecule has 0 aliphatic carbocycles. The fourth-order valence-electron chi connectivity index (χ4n) is 2.77. The van der Waals surface area contributed by atoms with Crippen LogP contribution in [-0.2, 0) is 9.59 Å². The van der Waals surface area contributed by atoms with E-state index in [9.17, 15) is 14.7 Å². The zero-order valence-electron chi connectivity index (χ0n) is 16.8. The van der Waals surface area contributed by atoms with Crippen molar-refractivity contribution in [2.24, 2.45) is 10.2 Å². The van der Waals surface area contributed by atoms with E-state index in [0.29, 0.717) is 16.5 Å². The van der Waals surface area contributed by atoms with Gasteiger partial charge in [0.05, 0.1) is 13.3 Å². The molecule has 0 bridgehead atoms. The van der Waals surface area contributed by atoms with E-state index in [0.717, 1.165) is 28.6 Å². The molecule has 1 saturated heterocycles. The summed E-state index contributed by atoms with van der Waals surface area (Å²) in [6.45, 7) is 3.91. The SMILES string of the molecule is COc1cc(/C=N\N=C2/NC(=O)[C@H](CC(=O)Nc3cccc(C)c3C)S2)ccc1O. The molecule has 1 fully saturated rings. The number of hydrogen-bond acceptors (Lipinski definition) is 7. The van der Waals surface area contributed by atoms with Gasteiger partial charge in [0, 0.05) is 12.1 Å². The summed E-state index contributed by atoms with van der Waals surface area (Å²) in [6, 6.07) is 10.4. The van der Waals surface area contributed by atoms with Gasteiger partial charge in [-0.1, -0.05) is 23.9 Å². The molecule has 0 saturated carbocycles. The van der Waals surface area contributed by atoms with Crippen LogP contribution < -0.4 is 15.4 Å². The van der Waals surface area contributed by atoms with Crippen LogP contribution >= 0.6 is 11.8 Å². The summed E-state index contributed by atoms with van der Waals surface area (Å²) in [5.41, 5.74) is 3.50. The smallest absolute Gasteiger partial charge is 0.240 e. The summed E-state index contributed by atoms with van der Waals surface area (Å²) in [4.78, 5) is 24.5. The van der Waals surface area contributed by atoms with Crippen molar-refractivity contribution in [1.82, 2.24) is 5.32 Å². The van der Waals surface area contributed by atoms with Crippen LogP contribution in [0.4, 0.5) is 5.69 Å². The molecule has 1 atom stereocenters. The van der Waals surface area contributed by atoms with Crippen molar-refractivity contribution >= 4 is 40.6 Å². The van der Waals surface area contributed by atoms with Crippen LogP contribution in [0.5, 0.6) is 11.5 Å². The fourth-order valence-corrected chi connectivity index (χ4v) is 3.69. The summed E-state index contributed by atoms with van der Waals surface area (Å²) in [5.74, 6) is -0.166. The van der Waals surface area contributed by atoms with Gasteiger partial charge in [0.25, 0.3) is 0 Å². The molecule has 3 N–H and O–H groups in total. The van der Waals surface area contributed by atoms with Crippen molar-refractivity contribution in [3.8, 4) is 11.5 Å². The highest BCUT2D eigenvalue weighted by Gasteiger charge is 2.32. The largest absolute Gasteiger partial charge is 0.504 e. The molecule has 0 aromatic heterocycles. The van der Waals surface area contributed by atoms with Gasteiger partial charge in [-0.3, -0.25) is 9.59 Å². The molecule has 0 unspecified atom stereocenters. The fraction of sp³-hybridized carbons (Fsp3) is 0.238. The molecule has 2 aromatic carbocycles. The first kappa shape index (κ1) is 21.4. The minimum Gasteiger partial charge on any atom is -0.504 e. The summed E-state index contributed by atoms with van der Waals surface area (Å²) < 4.78 is 5.04. The Morgan fingerprint density at radius 1 is 1.33 bits per heavy atom. The molecule has 3 rings (SSSR count). The highest BCUT2D eigenvalue weighted by Crippen LogP contribution is 2.26. The van der Waals surface area contributed by atoms with E-state index < -0.39 is 5.25 Å². The van der Waals surface area contributed by atoms with Gasteiger partial charge in [-0.2, -0.15) is 5.10 Å². The van der Waals surface area contributed by atoms with E-state index in [4.69, 9.17) is 4.74 Å². The first-order valence-electron chi connectivity index (χ1n) is 9.19. The molecule has 2 aromatic rings. The van der Waals surface area contributed by atoms with Crippen LogP contribution in [0.25, 0.3) is 0 Å². The number of hydrogen-bond donors (Lipinski definition) is 3. The van der Waals surface area contributed by atoms with E-state index in [1.807, 2.05) is 32.0 Å². The molecule has 0 radical (unpaired) electrons. The summed E-state index contributed by atoms with van der Waals surface area (Å²) in [5, 5.41) is 22.8. The highest BCUT2D eigenvalue weighted by molar-refractivity contribution is 8.15. The summed E-state index contributed by atoms with van der Waals surface area (Å²) in [7, 11) is 1.46. The maximum atomic E-state index is 12.4. The van der Waals surface area contributed by atoms with Crippen molar-refractivity contribution in [3.63, 3.8) is 0 Å². The van der Waals surface area contributed by atoms with Crippen LogP contribution in [0.15, 0.2) is 46.6 Å². The Balaban J connectivity index is 1.59. The van der Waals surface area contributed by atoms with Gasteiger partial charge in [0.2, 0.25) is 11.8 Å². The van der Waals surface area contributed by atoms with Crippen LogP contribution in [0.1, 0.15) is 23.1 Å². The molecular formula is C21H22N4O4S. The number of carbonyl (C=O) groups excluding carboxylic acids is 2. The number of aryl methyl sites for hydroxylation is 1. The van der Waals surface area contributed by atoms with Gasteiger partial charge in [-0.25, -0.2) is 0 Å². The van der Waals surface area contributed by atoms with Crippen molar-refractivity contribution < 1.29 is 19.4 Å². The summed E-state index contributed by atoms with van der Waals surface area (Å²) >= 11 is 1.16. The number of carbonyl (C=O) groups is 2. The zero-order valence-corrected chi connectivity index (χ0v) is 17.6. The molecular weight excluding hydrogens is 404 g/mol. The Morgan fingerprint density at radius 2 is 2.13 bits per heavy atom. The normalized spacial score (nSPS) is 17.4. The molecule has 156 valence electrons. The number of phenols is 1. The maximum absolute atomic E-state index is 12.4. The van der Waals surface area contributed by atoms with Crippen LogP contribution in [0.2, 0.25) is 0 Å².